The number of carbonyl (C=O) groups is 1. The van der Waals surface area contributed by atoms with Gasteiger partial charge in [0.1, 0.15) is 6.54 Å². The maximum atomic E-state index is 11.6. The molecule has 1 saturated carbocycles. The lowest BCUT2D eigenvalue weighted by Gasteiger charge is -2.10. The zero-order valence-electron chi connectivity index (χ0n) is 11.6. The molecule has 0 spiro atoms. The fourth-order valence-corrected chi connectivity index (χ4v) is 1.82. The summed E-state index contributed by atoms with van der Waals surface area (Å²) in [6, 6.07) is 0.399. The van der Waals surface area contributed by atoms with Crippen molar-refractivity contribution >= 4 is 11.6 Å². The number of nitrogens with one attached hydrogen (secondary N) is 2. The van der Waals surface area contributed by atoms with Gasteiger partial charge in [0.2, 0.25) is 5.91 Å². The molecule has 1 unspecified atom stereocenters. The lowest BCUT2D eigenvalue weighted by molar-refractivity contribution is -0.122. The first kappa shape index (κ1) is 13.9. The summed E-state index contributed by atoms with van der Waals surface area (Å²) >= 11 is 0. The Bertz CT molecular complexity index is 415. The maximum Gasteiger partial charge on any atom is 0.241 e. The Kier molecular flexibility index (Phi) is 4.79. The van der Waals surface area contributed by atoms with Gasteiger partial charge in [-0.2, -0.15) is 5.10 Å². The smallest absolute Gasteiger partial charge is 0.241 e. The van der Waals surface area contributed by atoms with Crippen LogP contribution in [0.3, 0.4) is 0 Å². The van der Waals surface area contributed by atoms with Crippen LogP contribution in [0.1, 0.15) is 19.8 Å². The minimum absolute atomic E-state index is 0.0323. The molecule has 1 aliphatic rings. The fraction of sp³-hybridized carbons (Fsp3) is 0.692. The molecule has 1 aromatic heterocycles. The highest BCUT2D eigenvalue weighted by molar-refractivity contribution is 5.76. The molecule has 1 aliphatic carbocycles. The van der Waals surface area contributed by atoms with Gasteiger partial charge in [-0.1, -0.05) is 6.92 Å². The van der Waals surface area contributed by atoms with E-state index in [4.69, 9.17) is 4.74 Å². The highest BCUT2D eigenvalue weighted by Crippen LogP contribution is 2.18. The number of ether oxygens (including phenoxy) is 1. The van der Waals surface area contributed by atoms with Gasteiger partial charge in [-0.15, -0.1) is 0 Å². The molecule has 0 bridgehead atoms. The number of amides is 1. The molecule has 19 heavy (non-hydrogen) atoms. The highest BCUT2D eigenvalue weighted by Gasteiger charge is 2.23. The predicted molar refractivity (Wildman–Crippen MR) is 72.9 cm³/mol. The number of carbonyl (C=O) groups excluding carboxylic acids is 1. The molecule has 6 heteroatoms. The van der Waals surface area contributed by atoms with E-state index in [0.29, 0.717) is 12.0 Å². The highest BCUT2D eigenvalue weighted by atomic mass is 16.5. The minimum atomic E-state index is 0.0323. The van der Waals surface area contributed by atoms with Crippen LogP contribution >= 0.6 is 0 Å². The molecule has 1 heterocycles. The normalized spacial score (nSPS) is 16.1. The van der Waals surface area contributed by atoms with Gasteiger partial charge in [0.15, 0.2) is 0 Å². The second kappa shape index (κ2) is 6.56. The summed E-state index contributed by atoms with van der Waals surface area (Å²) in [5.74, 6) is 0.469. The summed E-state index contributed by atoms with van der Waals surface area (Å²) in [4.78, 5) is 11.6. The number of methoxy groups -OCH3 is 1. The molecule has 1 amide bonds. The van der Waals surface area contributed by atoms with E-state index < -0.39 is 0 Å². The quantitative estimate of drug-likeness (QED) is 0.732. The minimum Gasteiger partial charge on any atom is -0.384 e. The molecule has 0 aliphatic heterocycles. The lowest BCUT2D eigenvalue weighted by atomic mass is 10.2. The number of nitrogens with zero attached hydrogens (tertiary/aromatic N) is 2. The van der Waals surface area contributed by atoms with Gasteiger partial charge < -0.3 is 15.4 Å². The third-order valence-corrected chi connectivity index (χ3v) is 2.99. The average Bonchev–Trinajstić information content (AvgIpc) is 3.05. The summed E-state index contributed by atoms with van der Waals surface area (Å²) < 4.78 is 6.73. The van der Waals surface area contributed by atoms with Gasteiger partial charge in [0.05, 0.1) is 18.5 Å². The van der Waals surface area contributed by atoms with E-state index in [1.807, 2.05) is 6.20 Å². The summed E-state index contributed by atoms with van der Waals surface area (Å²) in [6.07, 6.45) is 5.81. The Balaban J connectivity index is 1.73. The Hall–Kier alpha value is -1.56. The molecule has 1 fully saturated rings. The molecular weight excluding hydrogens is 244 g/mol. The van der Waals surface area contributed by atoms with Gasteiger partial charge >= 0.3 is 0 Å². The van der Waals surface area contributed by atoms with Crippen molar-refractivity contribution < 1.29 is 9.53 Å². The average molecular weight is 266 g/mol. The Morgan fingerprint density at radius 3 is 3.11 bits per heavy atom. The number of aromatic nitrogens is 2. The van der Waals surface area contributed by atoms with E-state index >= 15 is 0 Å². The SMILES string of the molecule is COCC(C)CNc1cnn(CC(=O)NC2CC2)c1. The van der Waals surface area contributed by atoms with Gasteiger partial charge in [0, 0.05) is 25.9 Å². The van der Waals surface area contributed by atoms with Crippen molar-refractivity contribution in [2.75, 3.05) is 25.6 Å². The van der Waals surface area contributed by atoms with Crippen molar-refractivity contribution in [1.82, 2.24) is 15.1 Å². The molecule has 2 rings (SSSR count). The standard InChI is InChI=1S/C13H22N4O2/c1-10(9-19-2)5-14-12-6-15-17(7-12)8-13(18)16-11-3-4-11/h6-7,10-11,14H,3-5,8-9H2,1-2H3,(H,16,18). The van der Waals surface area contributed by atoms with E-state index in [1.54, 1.807) is 18.0 Å². The first-order chi connectivity index (χ1) is 9.17. The van der Waals surface area contributed by atoms with Crippen LogP contribution in [-0.4, -0.2) is 42.0 Å². The maximum absolute atomic E-state index is 11.6. The summed E-state index contributed by atoms with van der Waals surface area (Å²) in [5.41, 5.74) is 0.933. The monoisotopic (exact) mass is 266 g/mol. The van der Waals surface area contributed by atoms with Crippen molar-refractivity contribution in [2.24, 2.45) is 5.92 Å². The number of rotatable bonds is 8. The molecule has 0 saturated heterocycles. The van der Waals surface area contributed by atoms with Crippen LogP contribution < -0.4 is 10.6 Å². The predicted octanol–water partition coefficient (Wildman–Crippen LogP) is 0.856. The first-order valence-corrected chi connectivity index (χ1v) is 6.72. The van der Waals surface area contributed by atoms with Crippen LogP contribution in [0.2, 0.25) is 0 Å². The lowest BCUT2D eigenvalue weighted by Crippen LogP contribution is -2.29. The Labute approximate surface area is 113 Å². The topological polar surface area (TPSA) is 68.2 Å². The van der Waals surface area contributed by atoms with Crippen molar-refractivity contribution in [1.29, 1.82) is 0 Å². The van der Waals surface area contributed by atoms with Gasteiger partial charge in [-0.3, -0.25) is 9.48 Å². The van der Waals surface area contributed by atoms with Gasteiger partial charge in [0.25, 0.3) is 0 Å². The van der Waals surface area contributed by atoms with Crippen LogP contribution in [0.25, 0.3) is 0 Å². The van der Waals surface area contributed by atoms with Crippen LogP contribution in [0, 0.1) is 5.92 Å². The van der Waals surface area contributed by atoms with Crippen molar-refractivity contribution in [3.8, 4) is 0 Å². The van der Waals surface area contributed by atoms with E-state index in [1.165, 1.54) is 0 Å². The molecule has 0 radical (unpaired) electrons. The van der Waals surface area contributed by atoms with E-state index in [0.717, 1.165) is 31.7 Å². The third-order valence-electron chi connectivity index (χ3n) is 2.99. The Morgan fingerprint density at radius 2 is 2.42 bits per heavy atom. The van der Waals surface area contributed by atoms with Crippen LogP contribution in [0.5, 0.6) is 0 Å². The second-order valence-corrected chi connectivity index (χ2v) is 5.21. The summed E-state index contributed by atoms with van der Waals surface area (Å²) in [6.45, 7) is 3.95. The molecule has 1 aromatic rings. The largest absolute Gasteiger partial charge is 0.384 e. The van der Waals surface area contributed by atoms with Crippen LogP contribution in [0.4, 0.5) is 5.69 Å². The van der Waals surface area contributed by atoms with E-state index in [-0.39, 0.29) is 12.5 Å². The van der Waals surface area contributed by atoms with E-state index in [2.05, 4.69) is 22.7 Å². The molecule has 0 aromatic carbocycles. The van der Waals surface area contributed by atoms with Crippen LogP contribution in [0.15, 0.2) is 12.4 Å². The summed E-state index contributed by atoms with van der Waals surface area (Å²) in [7, 11) is 1.70. The summed E-state index contributed by atoms with van der Waals surface area (Å²) in [5, 5.41) is 10.4. The molecule has 1 atom stereocenters. The number of anilines is 1. The Morgan fingerprint density at radius 1 is 1.63 bits per heavy atom. The van der Waals surface area contributed by atoms with Gasteiger partial charge in [-0.25, -0.2) is 0 Å². The molecular formula is C13H22N4O2. The van der Waals surface area contributed by atoms with Crippen LogP contribution in [-0.2, 0) is 16.1 Å². The number of hydrogen-bond donors (Lipinski definition) is 2. The molecule has 2 N–H and O–H groups in total. The van der Waals surface area contributed by atoms with E-state index in [9.17, 15) is 4.79 Å². The fourth-order valence-electron chi connectivity index (χ4n) is 1.82. The van der Waals surface area contributed by atoms with Crippen molar-refractivity contribution in [3.63, 3.8) is 0 Å². The third kappa shape index (κ3) is 4.90. The zero-order chi connectivity index (χ0) is 13.7. The second-order valence-electron chi connectivity index (χ2n) is 5.21. The first-order valence-electron chi connectivity index (χ1n) is 6.72. The number of hydrogen-bond acceptors (Lipinski definition) is 4. The van der Waals surface area contributed by atoms with Gasteiger partial charge in [-0.05, 0) is 18.8 Å². The van der Waals surface area contributed by atoms with Crippen molar-refractivity contribution in [3.05, 3.63) is 12.4 Å². The zero-order valence-corrected chi connectivity index (χ0v) is 11.6. The molecule has 6 nitrogen and oxygen atoms in total. The molecule has 106 valence electrons. The van der Waals surface area contributed by atoms with Crippen molar-refractivity contribution in [2.45, 2.75) is 32.4 Å².